The highest BCUT2D eigenvalue weighted by Crippen LogP contribution is 2.32. The van der Waals surface area contributed by atoms with E-state index in [1.807, 2.05) is 32.9 Å². The first-order valence-corrected chi connectivity index (χ1v) is 10.8. The maximum atomic E-state index is 13.0. The maximum absolute atomic E-state index is 13.0. The molecule has 0 aliphatic rings. The molecule has 0 radical (unpaired) electrons. The largest absolute Gasteiger partial charge is 0.496 e. The van der Waals surface area contributed by atoms with E-state index in [9.17, 15) is 8.42 Å². The van der Waals surface area contributed by atoms with Crippen LogP contribution in [0, 0.1) is 13.8 Å². The zero-order valence-corrected chi connectivity index (χ0v) is 18.1. The SMILES string of the molecule is CCOc1ccc([C@@H](C)NS(=O)(=O)c2ccc(OC)c(C)c2C)cc1OCC. The minimum Gasteiger partial charge on any atom is -0.496 e. The zero-order chi connectivity index (χ0) is 20.9. The van der Waals surface area contributed by atoms with E-state index in [2.05, 4.69) is 4.72 Å². The van der Waals surface area contributed by atoms with Crippen molar-refractivity contribution < 1.29 is 22.6 Å². The van der Waals surface area contributed by atoms with Gasteiger partial charge in [0.05, 0.1) is 25.2 Å². The molecule has 0 aromatic heterocycles. The molecular formula is C21H29NO5S. The third-order valence-electron chi connectivity index (χ3n) is 4.60. The number of hydrogen-bond donors (Lipinski definition) is 1. The van der Waals surface area contributed by atoms with Gasteiger partial charge in [-0.05, 0) is 75.6 Å². The van der Waals surface area contributed by atoms with Crippen molar-refractivity contribution in [2.75, 3.05) is 20.3 Å². The Labute approximate surface area is 167 Å². The molecule has 2 rings (SSSR count). The summed E-state index contributed by atoms with van der Waals surface area (Å²) in [7, 11) is -2.14. The normalized spacial score (nSPS) is 12.5. The summed E-state index contributed by atoms with van der Waals surface area (Å²) in [6.07, 6.45) is 0. The van der Waals surface area contributed by atoms with Crippen molar-refractivity contribution in [3.8, 4) is 17.2 Å². The van der Waals surface area contributed by atoms with Crippen LogP contribution in [0.4, 0.5) is 0 Å². The van der Waals surface area contributed by atoms with Crippen molar-refractivity contribution >= 4 is 10.0 Å². The number of sulfonamides is 1. The minimum atomic E-state index is -3.71. The van der Waals surface area contributed by atoms with E-state index in [0.29, 0.717) is 36.0 Å². The number of hydrogen-bond acceptors (Lipinski definition) is 5. The van der Waals surface area contributed by atoms with Crippen LogP contribution in [0.25, 0.3) is 0 Å². The smallest absolute Gasteiger partial charge is 0.241 e. The fraction of sp³-hybridized carbons (Fsp3) is 0.429. The van der Waals surface area contributed by atoms with Gasteiger partial charge in [0.1, 0.15) is 5.75 Å². The van der Waals surface area contributed by atoms with E-state index < -0.39 is 16.1 Å². The first-order valence-electron chi connectivity index (χ1n) is 9.31. The molecule has 0 unspecified atom stereocenters. The molecule has 0 bridgehead atoms. The fourth-order valence-corrected chi connectivity index (χ4v) is 4.52. The van der Waals surface area contributed by atoms with Gasteiger partial charge in [0, 0.05) is 6.04 Å². The Balaban J connectivity index is 2.32. The lowest BCUT2D eigenvalue weighted by atomic mass is 10.1. The summed E-state index contributed by atoms with van der Waals surface area (Å²) in [5.41, 5.74) is 2.26. The van der Waals surface area contributed by atoms with Crippen molar-refractivity contribution in [2.24, 2.45) is 0 Å². The Hall–Kier alpha value is -2.25. The molecule has 154 valence electrons. The first-order chi connectivity index (χ1) is 13.2. The molecular weight excluding hydrogens is 378 g/mol. The van der Waals surface area contributed by atoms with Crippen molar-refractivity contribution in [2.45, 2.75) is 45.6 Å². The molecule has 0 spiro atoms. The van der Waals surface area contributed by atoms with Crippen LogP contribution >= 0.6 is 0 Å². The first kappa shape index (κ1) is 22.0. The second kappa shape index (κ2) is 9.30. The van der Waals surface area contributed by atoms with Crippen LogP contribution < -0.4 is 18.9 Å². The monoisotopic (exact) mass is 407 g/mol. The van der Waals surface area contributed by atoms with Crippen LogP contribution in [0.1, 0.15) is 43.5 Å². The van der Waals surface area contributed by atoms with Crippen LogP contribution in [0.3, 0.4) is 0 Å². The number of rotatable bonds is 9. The Bertz CT molecular complexity index is 925. The molecule has 0 aliphatic heterocycles. The highest BCUT2D eigenvalue weighted by molar-refractivity contribution is 7.89. The molecule has 0 heterocycles. The lowest BCUT2D eigenvalue weighted by Gasteiger charge is -2.19. The summed E-state index contributed by atoms with van der Waals surface area (Å²) in [6.45, 7) is 10.2. The summed E-state index contributed by atoms with van der Waals surface area (Å²) < 4.78 is 45.2. The predicted molar refractivity (Wildman–Crippen MR) is 110 cm³/mol. The van der Waals surface area contributed by atoms with Gasteiger partial charge in [0.2, 0.25) is 10.0 Å². The highest BCUT2D eigenvalue weighted by atomic mass is 32.2. The van der Waals surface area contributed by atoms with Gasteiger partial charge in [-0.1, -0.05) is 6.07 Å². The van der Waals surface area contributed by atoms with Crippen LogP contribution in [0.5, 0.6) is 17.2 Å². The van der Waals surface area contributed by atoms with Crippen LogP contribution in [-0.4, -0.2) is 28.7 Å². The standard InChI is InChI=1S/C21H29NO5S/c1-7-26-19-10-9-17(13-20(19)27-8-2)16(5)22-28(23,24)21-12-11-18(25-6)14(3)15(21)4/h9-13,16,22H,7-8H2,1-6H3/t16-/m1/s1. The third kappa shape index (κ3) is 4.77. The molecule has 2 aromatic rings. The topological polar surface area (TPSA) is 73.9 Å². The fourth-order valence-electron chi connectivity index (χ4n) is 2.98. The summed E-state index contributed by atoms with van der Waals surface area (Å²) in [5.74, 6) is 1.91. The lowest BCUT2D eigenvalue weighted by molar-refractivity contribution is 0.287. The molecule has 2 aromatic carbocycles. The van der Waals surface area contributed by atoms with Gasteiger partial charge in [0.15, 0.2) is 11.5 Å². The van der Waals surface area contributed by atoms with E-state index in [1.165, 1.54) is 0 Å². The molecule has 28 heavy (non-hydrogen) atoms. The van der Waals surface area contributed by atoms with E-state index in [1.54, 1.807) is 39.2 Å². The van der Waals surface area contributed by atoms with Crippen LogP contribution in [-0.2, 0) is 10.0 Å². The van der Waals surface area contributed by atoms with Gasteiger partial charge in [-0.2, -0.15) is 0 Å². The number of benzene rings is 2. The second-order valence-corrected chi connectivity index (χ2v) is 8.11. The second-order valence-electron chi connectivity index (χ2n) is 6.43. The quantitative estimate of drug-likeness (QED) is 0.676. The molecule has 0 amide bonds. The van der Waals surface area contributed by atoms with E-state index in [0.717, 1.165) is 11.1 Å². The van der Waals surface area contributed by atoms with Gasteiger partial charge in [-0.15, -0.1) is 0 Å². The number of ether oxygens (including phenoxy) is 3. The van der Waals surface area contributed by atoms with Crippen molar-refractivity contribution in [1.29, 1.82) is 0 Å². The molecule has 1 atom stereocenters. The Morgan fingerprint density at radius 1 is 0.929 bits per heavy atom. The summed E-state index contributed by atoms with van der Waals surface area (Å²) >= 11 is 0. The number of nitrogens with one attached hydrogen (secondary N) is 1. The lowest BCUT2D eigenvalue weighted by Crippen LogP contribution is -2.27. The highest BCUT2D eigenvalue weighted by Gasteiger charge is 2.23. The van der Waals surface area contributed by atoms with Gasteiger partial charge < -0.3 is 14.2 Å². The van der Waals surface area contributed by atoms with Gasteiger partial charge >= 0.3 is 0 Å². The molecule has 0 fully saturated rings. The average molecular weight is 408 g/mol. The van der Waals surface area contributed by atoms with Crippen LogP contribution in [0.2, 0.25) is 0 Å². The van der Waals surface area contributed by atoms with Gasteiger partial charge in [-0.3, -0.25) is 0 Å². The zero-order valence-electron chi connectivity index (χ0n) is 17.3. The Morgan fingerprint density at radius 3 is 2.14 bits per heavy atom. The number of methoxy groups -OCH3 is 1. The van der Waals surface area contributed by atoms with E-state index in [-0.39, 0.29) is 4.90 Å². The molecule has 0 saturated heterocycles. The van der Waals surface area contributed by atoms with Crippen molar-refractivity contribution in [1.82, 2.24) is 4.72 Å². The van der Waals surface area contributed by atoms with Gasteiger partial charge in [0.25, 0.3) is 0 Å². The predicted octanol–water partition coefficient (Wildman–Crippen LogP) is 4.15. The Morgan fingerprint density at radius 2 is 1.54 bits per heavy atom. The summed E-state index contributed by atoms with van der Waals surface area (Å²) in [4.78, 5) is 0.244. The van der Waals surface area contributed by atoms with E-state index >= 15 is 0 Å². The third-order valence-corrected chi connectivity index (χ3v) is 6.28. The Kier molecular flexibility index (Phi) is 7.32. The van der Waals surface area contributed by atoms with Crippen molar-refractivity contribution in [3.05, 3.63) is 47.0 Å². The summed E-state index contributed by atoms with van der Waals surface area (Å²) in [6, 6.07) is 8.26. The molecule has 1 N–H and O–H groups in total. The summed E-state index contributed by atoms with van der Waals surface area (Å²) in [5, 5.41) is 0. The van der Waals surface area contributed by atoms with E-state index in [4.69, 9.17) is 14.2 Å². The molecule has 0 aliphatic carbocycles. The molecule has 6 nitrogen and oxygen atoms in total. The van der Waals surface area contributed by atoms with Gasteiger partial charge in [-0.25, -0.2) is 13.1 Å². The molecule has 0 saturated carbocycles. The molecule has 7 heteroatoms. The van der Waals surface area contributed by atoms with Crippen molar-refractivity contribution in [3.63, 3.8) is 0 Å². The maximum Gasteiger partial charge on any atom is 0.241 e. The average Bonchev–Trinajstić information content (AvgIpc) is 2.65. The minimum absolute atomic E-state index is 0.244. The van der Waals surface area contributed by atoms with Crippen LogP contribution in [0.15, 0.2) is 35.2 Å².